The molecular weight excluding hydrogens is 619 g/mol. The van der Waals surface area contributed by atoms with Gasteiger partial charge in [0.15, 0.2) is 17.5 Å². The second-order valence-electron chi connectivity index (χ2n) is 12.8. The molecule has 238 valence electrons. The van der Waals surface area contributed by atoms with E-state index in [9.17, 15) is 0 Å². The van der Waals surface area contributed by atoms with E-state index in [0.29, 0.717) is 17.5 Å². The third kappa shape index (κ3) is 5.14. The van der Waals surface area contributed by atoms with E-state index >= 15 is 0 Å². The fourth-order valence-electron chi connectivity index (χ4n) is 7.52. The molecule has 0 spiro atoms. The summed E-state index contributed by atoms with van der Waals surface area (Å²) in [5, 5.41) is 0. The Hall–Kier alpha value is -6.89. The summed E-state index contributed by atoms with van der Waals surface area (Å²) < 4.78 is 0. The van der Waals surface area contributed by atoms with Gasteiger partial charge in [-0.05, 0) is 62.7 Å². The van der Waals surface area contributed by atoms with E-state index in [4.69, 9.17) is 21.4 Å². The number of nitrogens with zero attached hydrogens (tertiary/aromatic N) is 3. The van der Waals surface area contributed by atoms with E-state index in [1.807, 2.05) is 42.5 Å². The molecule has 1 heterocycles. The lowest BCUT2D eigenvalue weighted by Crippen LogP contribution is -2.28. The molecule has 0 bridgehead atoms. The molecule has 1 aromatic heterocycles. The van der Waals surface area contributed by atoms with Crippen LogP contribution in [0.4, 0.5) is 0 Å². The average molecular weight is 650 g/mol. The maximum Gasteiger partial charge on any atom is 0.164 e. The van der Waals surface area contributed by atoms with Crippen LogP contribution in [0.2, 0.25) is 0 Å². The van der Waals surface area contributed by atoms with Crippen LogP contribution in [0.25, 0.3) is 56.4 Å². The van der Waals surface area contributed by atoms with Gasteiger partial charge in [0.05, 0.1) is 5.41 Å². The highest BCUT2D eigenvalue weighted by atomic mass is 15.0. The summed E-state index contributed by atoms with van der Waals surface area (Å²) in [6.45, 7) is 0. The highest BCUT2D eigenvalue weighted by molar-refractivity contribution is 5.86. The molecule has 8 aromatic rings. The molecule has 0 fully saturated rings. The quantitative estimate of drug-likeness (QED) is 0.168. The molecule has 0 radical (unpaired) electrons. The van der Waals surface area contributed by atoms with Crippen LogP contribution in [0.5, 0.6) is 0 Å². The Labute approximate surface area is 298 Å². The van der Waals surface area contributed by atoms with Gasteiger partial charge in [-0.25, -0.2) is 15.0 Å². The molecular formula is C48H31N3. The van der Waals surface area contributed by atoms with Gasteiger partial charge >= 0.3 is 0 Å². The van der Waals surface area contributed by atoms with Gasteiger partial charge in [0.25, 0.3) is 0 Å². The zero-order valence-electron chi connectivity index (χ0n) is 27.7. The summed E-state index contributed by atoms with van der Waals surface area (Å²) in [5.41, 5.74) is 12.7. The molecule has 0 amide bonds. The first-order valence-electron chi connectivity index (χ1n) is 17.1. The number of hydrogen-bond donors (Lipinski definition) is 0. The van der Waals surface area contributed by atoms with Crippen LogP contribution in [0.3, 0.4) is 0 Å². The number of rotatable bonds is 6. The minimum absolute atomic E-state index is 0.517. The van der Waals surface area contributed by atoms with Gasteiger partial charge in [0, 0.05) is 22.3 Å². The van der Waals surface area contributed by atoms with E-state index in [2.05, 4.69) is 145 Å². The van der Waals surface area contributed by atoms with Gasteiger partial charge in [-0.2, -0.15) is 0 Å². The van der Waals surface area contributed by atoms with Gasteiger partial charge in [-0.15, -0.1) is 6.42 Å². The Morgan fingerprint density at radius 1 is 0.373 bits per heavy atom. The minimum Gasteiger partial charge on any atom is -0.208 e. The topological polar surface area (TPSA) is 38.7 Å². The molecule has 7 aromatic carbocycles. The van der Waals surface area contributed by atoms with Gasteiger partial charge in [-0.3, -0.25) is 0 Å². The van der Waals surface area contributed by atoms with Crippen LogP contribution in [-0.4, -0.2) is 15.0 Å². The summed E-state index contributed by atoms with van der Waals surface area (Å²) >= 11 is 0. The summed E-state index contributed by atoms with van der Waals surface area (Å²) in [6.07, 6.45) is 5.57. The standard InChI is InChI=1S/C48H31N3/c1-2-33-24-26-34(27-25-33)35-28-30-37(31-29-35)46-49-45(36-14-5-3-6-15-36)50-47(51-46)38-16-13-19-40(32-38)48(39-17-7-4-8-18-39)43-22-11-9-20-41(43)42-21-10-12-23-44(42)48/h1,3-32H. The van der Waals surface area contributed by atoms with E-state index in [-0.39, 0.29) is 0 Å². The van der Waals surface area contributed by atoms with Gasteiger partial charge in [-0.1, -0.05) is 170 Å². The fourth-order valence-corrected chi connectivity index (χ4v) is 7.52. The maximum absolute atomic E-state index is 5.57. The molecule has 51 heavy (non-hydrogen) atoms. The van der Waals surface area contributed by atoms with Crippen molar-refractivity contribution in [3.8, 4) is 68.8 Å². The van der Waals surface area contributed by atoms with Crippen LogP contribution in [-0.2, 0) is 5.41 Å². The molecule has 0 saturated heterocycles. The van der Waals surface area contributed by atoms with Crippen LogP contribution in [0, 0.1) is 12.3 Å². The number of benzene rings is 7. The lowest BCUT2D eigenvalue weighted by Gasteiger charge is -2.34. The molecule has 0 saturated carbocycles. The summed E-state index contributed by atoms with van der Waals surface area (Å²) in [4.78, 5) is 15.2. The highest BCUT2D eigenvalue weighted by Crippen LogP contribution is 2.56. The number of hydrogen-bond acceptors (Lipinski definition) is 3. The third-order valence-electron chi connectivity index (χ3n) is 9.91. The minimum atomic E-state index is -0.517. The van der Waals surface area contributed by atoms with E-state index in [0.717, 1.165) is 38.9 Å². The Kier molecular flexibility index (Phi) is 7.42. The van der Waals surface area contributed by atoms with E-state index < -0.39 is 5.41 Å². The lowest BCUT2D eigenvalue weighted by molar-refractivity contribution is 0.768. The molecule has 3 heteroatoms. The van der Waals surface area contributed by atoms with Crippen LogP contribution >= 0.6 is 0 Å². The Morgan fingerprint density at radius 2 is 0.804 bits per heavy atom. The van der Waals surface area contributed by atoms with Crippen molar-refractivity contribution < 1.29 is 0 Å². The fraction of sp³-hybridized carbons (Fsp3) is 0.0208. The monoisotopic (exact) mass is 649 g/mol. The van der Waals surface area contributed by atoms with Crippen molar-refractivity contribution >= 4 is 0 Å². The van der Waals surface area contributed by atoms with Crippen molar-refractivity contribution in [1.29, 1.82) is 0 Å². The zero-order chi connectivity index (χ0) is 34.2. The smallest absolute Gasteiger partial charge is 0.164 e. The van der Waals surface area contributed by atoms with Crippen LogP contribution < -0.4 is 0 Å². The van der Waals surface area contributed by atoms with E-state index in [1.54, 1.807) is 0 Å². The lowest BCUT2D eigenvalue weighted by atomic mass is 9.67. The molecule has 0 N–H and O–H groups in total. The third-order valence-corrected chi connectivity index (χ3v) is 9.91. The van der Waals surface area contributed by atoms with Crippen LogP contribution in [0.1, 0.15) is 27.8 Å². The first kappa shape index (κ1) is 30.2. The summed E-state index contributed by atoms with van der Waals surface area (Å²) in [7, 11) is 0. The first-order valence-corrected chi connectivity index (χ1v) is 17.1. The maximum atomic E-state index is 5.57. The van der Waals surface area contributed by atoms with Crippen molar-refractivity contribution in [3.05, 3.63) is 210 Å². The van der Waals surface area contributed by atoms with Gasteiger partial charge < -0.3 is 0 Å². The predicted octanol–water partition coefficient (Wildman–Crippen LogP) is 10.9. The van der Waals surface area contributed by atoms with Gasteiger partial charge in [0.2, 0.25) is 0 Å². The average Bonchev–Trinajstić information content (AvgIpc) is 3.53. The molecule has 1 aliphatic rings. The second-order valence-corrected chi connectivity index (χ2v) is 12.8. The van der Waals surface area contributed by atoms with Crippen molar-refractivity contribution in [2.45, 2.75) is 5.41 Å². The Balaban J connectivity index is 1.21. The SMILES string of the molecule is C#Cc1ccc(-c2ccc(-c3nc(-c4ccccc4)nc(-c4cccc(C5(c6ccccc6)c6ccccc6-c6ccccc65)c4)n3)cc2)cc1. The number of fused-ring (bicyclic) bond motifs is 3. The summed E-state index contributed by atoms with van der Waals surface area (Å²) in [6, 6.07) is 63.7. The second kappa shape index (κ2) is 12.5. The van der Waals surface area contributed by atoms with Crippen LogP contribution in [0.15, 0.2) is 182 Å². The largest absolute Gasteiger partial charge is 0.208 e. The van der Waals surface area contributed by atoms with Crippen molar-refractivity contribution in [2.75, 3.05) is 0 Å². The molecule has 3 nitrogen and oxygen atoms in total. The molecule has 0 atom stereocenters. The number of aromatic nitrogens is 3. The first-order chi connectivity index (χ1) is 25.2. The van der Waals surface area contributed by atoms with Gasteiger partial charge in [0.1, 0.15) is 0 Å². The molecule has 1 aliphatic carbocycles. The predicted molar refractivity (Wildman–Crippen MR) is 207 cm³/mol. The normalized spacial score (nSPS) is 12.5. The number of terminal acetylenes is 1. The summed E-state index contributed by atoms with van der Waals surface area (Å²) in [5.74, 6) is 4.56. The molecule has 0 unspecified atom stereocenters. The van der Waals surface area contributed by atoms with E-state index in [1.165, 1.54) is 27.8 Å². The molecule has 9 rings (SSSR count). The van der Waals surface area contributed by atoms with Crippen molar-refractivity contribution in [1.82, 2.24) is 15.0 Å². The molecule has 0 aliphatic heterocycles. The zero-order valence-corrected chi connectivity index (χ0v) is 27.7. The Bertz CT molecular complexity index is 2520. The van der Waals surface area contributed by atoms with Crippen molar-refractivity contribution in [3.63, 3.8) is 0 Å². The Morgan fingerprint density at radius 3 is 1.39 bits per heavy atom. The van der Waals surface area contributed by atoms with Crippen molar-refractivity contribution in [2.24, 2.45) is 0 Å². The highest BCUT2D eigenvalue weighted by Gasteiger charge is 2.45.